The number of halogens is 1. The van der Waals surface area contributed by atoms with E-state index in [1.807, 2.05) is 45.4 Å². The molecule has 0 spiro atoms. The molecule has 12 rings (SSSR count). The van der Waals surface area contributed by atoms with Crippen LogP contribution in [-0.4, -0.2) is 263 Å². The summed E-state index contributed by atoms with van der Waals surface area (Å²) in [5.41, 5.74) is 2.96. The fourth-order valence-electron chi connectivity index (χ4n) is 15.6. The molecule has 0 aliphatic carbocycles. The number of ether oxygens (including phenoxy) is 4. The number of likely N-dealkylation sites (N-methyl/N-ethyl adjacent to an activating group) is 1. The molecule has 33 heteroatoms. The SMILES string of the molecule is COc1ccc(C[C@@H]2NC(=O)[C@H]([C@@H](C)O)CC(=O)[C@@H]3[C@@H]4CCN3C(=O)[C@H]3CC(=O)[C@H](Cc5cccc(c5)CNC(=O)CO4)NC(=O)[C@@H](CNC(=O)CCOCCOCC[N+](C)(C)C)NC(=O)[C@H](C)NC(=O)CCC(=O)N(CCn4cc(nn4)Cn4cc(c5cc(F)ccc54)C3)Cc3ccc(cc3)CCNC(=O)[C@]3(C)CCCN3C2=O)cc1.[CH3-]. The maximum atomic E-state index is 16.4. The van der Waals surface area contributed by atoms with E-state index in [9.17, 15) is 33.9 Å². The third kappa shape index (κ3) is 24.0. The van der Waals surface area contributed by atoms with Gasteiger partial charge in [-0.05, 0) is 123 Å². The lowest BCUT2D eigenvalue weighted by Crippen LogP contribution is -2.60. The number of aromatic nitrogens is 4. The minimum absolute atomic E-state index is 0. The van der Waals surface area contributed by atoms with E-state index in [0.29, 0.717) is 74.1 Å². The number of amides is 10. The number of nitrogens with zero attached hydrogens (tertiary/aromatic N) is 8. The van der Waals surface area contributed by atoms with Crippen LogP contribution in [0.5, 0.6) is 5.75 Å². The highest BCUT2D eigenvalue weighted by Crippen LogP contribution is 2.35. The lowest BCUT2D eigenvalue weighted by atomic mass is 9.87. The van der Waals surface area contributed by atoms with Gasteiger partial charge in [0.1, 0.15) is 60.1 Å². The van der Waals surface area contributed by atoms with Crippen LogP contribution in [0.25, 0.3) is 10.9 Å². The Morgan fingerprint density at radius 1 is 0.729 bits per heavy atom. The summed E-state index contributed by atoms with van der Waals surface area (Å²) in [7, 11) is 7.60. The van der Waals surface area contributed by atoms with Gasteiger partial charge >= 0.3 is 0 Å². The maximum absolute atomic E-state index is 16.4. The highest BCUT2D eigenvalue weighted by molar-refractivity contribution is 6.00. The van der Waals surface area contributed by atoms with Crippen molar-refractivity contribution < 1.29 is 90.5 Å². The van der Waals surface area contributed by atoms with E-state index in [2.05, 4.69) is 47.5 Å². The van der Waals surface area contributed by atoms with Crippen LogP contribution in [0.15, 0.2) is 103 Å². The van der Waals surface area contributed by atoms with E-state index >= 15 is 33.2 Å². The van der Waals surface area contributed by atoms with Gasteiger partial charge in [-0.3, -0.25) is 62.2 Å². The molecule has 6 aromatic rings. The normalized spacial score (nSPS) is 24.0. The van der Waals surface area contributed by atoms with E-state index in [-0.39, 0.29) is 131 Å². The molecule has 32 nitrogen and oxygen atoms in total. The van der Waals surface area contributed by atoms with Crippen LogP contribution in [0, 0.1) is 25.1 Å². The van der Waals surface area contributed by atoms with Gasteiger partial charge in [0.05, 0.1) is 98.1 Å². The van der Waals surface area contributed by atoms with E-state index in [1.165, 1.54) is 42.9 Å². The zero-order valence-corrected chi connectivity index (χ0v) is 68.5. The number of fused-ring (bicyclic) bond motifs is 16. The molecule has 8 heterocycles. The Morgan fingerprint density at radius 2 is 1.47 bits per heavy atom. The van der Waals surface area contributed by atoms with Crippen LogP contribution in [0.4, 0.5) is 4.39 Å². The molecule has 8 N–H and O–H groups in total. The lowest BCUT2D eigenvalue weighted by molar-refractivity contribution is -0.870. The highest BCUT2D eigenvalue weighted by atomic mass is 19.1. The number of hydrogen-bond acceptors (Lipinski definition) is 19. The number of aliphatic hydroxyl groups excluding tert-OH is 1. The first-order chi connectivity index (χ1) is 56.0. The highest BCUT2D eigenvalue weighted by Gasteiger charge is 2.50. The summed E-state index contributed by atoms with van der Waals surface area (Å²) in [4.78, 5) is 184. The molecule has 2 aromatic heterocycles. The Kier molecular flexibility index (Phi) is 31.1. The number of benzene rings is 4. The molecule has 10 atom stereocenters. The van der Waals surface area contributed by atoms with Crippen molar-refractivity contribution in [1.82, 2.24) is 71.5 Å². The summed E-state index contributed by atoms with van der Waals surface area (Å²) in [6.45, 7) is 5.03. The average Bonchev–Trinajstić information content (AvgIpc) is 1.62. The number of carbonyl (C=O) groups excluding carboxylic acids is 12. The number of quaternary nitrogens is 1. The van der Waals surface area contributed by atoms with Gasteiger partial charge in [-0.2, -0.15) is 0 Å². The van der Waals surface area contributed by atoms with E-state index in [1.54, 1.807) is 88.1 Å². The minimum atomic E-state index is -1.67. The van der Waals surface area contributed by atoms with Gasteiger partial charge in [-0.1, -0.05) is 65.9 Å². The summed E-state index contributed by atoms with van der Waals surface area (Å²) >= 11 is 0. The van der Waals surface area contributed by atoms with Gasteiger partial charge in [0.15, 0.2) is 11.6 Å². The molecule has 2 saturated heterocycles. The predicted octanol–water partition coefficient (Wildman–Crippen LogP) is 2.14. The zero-order chi connectivity index (χ0) is 83.7. The molecular formula is C85H112FN15O17. The largest absolute Gasteiger partial charge is 0.497 e. The fraction of sp³-hybridized carbons (Fsp3) is 0.518. The summed E-state index contributed by atoms with van der Waals surface area (Å²) in [6.07, 6.45) is -1.57. The molecule has 0 radical (unpaired) electrons. The van der Waals surface area contributed by atoms with Crippen LogP contribution >= 0.6 is 0 Å². The molecule has 118 heavy (non-hydrogen) atoms. The maximum Gasteiger partial charge on any atom is 0.246 e. The number of aliphatic hydroxyl groups is 1. The number of Topliss-reactive ketones (excluding diaryl/α,β-unsaturated/α-hetero) is 2. The number of methoxy groups -OCH3 is 1. The first-order valence-electron chi connectivity index (χ1n) is 40.2. The number of nitrogens with one attached hydrogen (secondary N) is 7. The quantitative estimate of drug-likeness (QED) is 0.0415. The minimum Gasteiger partial charge on any atom is -0.497 e. The average molecular weight is 1630 g/mol. The smallest absolute Gasteiger partial charge is 0.246 e. The zero-order valence-electron chi connectivity index (χ0n) is 68.5. The Morgan fingerprint density at radius 3 is 2.21 bits per heavy atom. The molecule has 4 aromatic carbocycles. The van der Waals surface area contributed by atoms with E-state index in [4.69, 9.17) is 18.9 Å². The fourth-order valence-corrected chi connectivity index (χ4v) is 15.6. The van der Waals surface area contributed by atoms with Crippen molar-refractivity contribution in [2.45, 2.75) is 172 Å². The molecule has 2 fully saturated rings. The standard InChI is InChI=1S/C84H108FN15O17.CH3/c1-52-78(108)92-68(46-88-73(104)26-34-115-36-37-116-35-33-100(4,5)6)80(110)90-66-40-57-10-8-11-58(38-57)45-87-75(106)51-117-72-25-30-98-77(72)71(103)44-64(53(2)101)79(109)91-67(39-55-16-19-63(114-7)20-17-55)82(112)99-29-9-27-84(99,3)83(113)86-28-24-54-12-14-56(15-13-54)47-95(76(107)23-22-74(105)89-52)31-32-97-50-62(93-94-97)49-96-48-60(41-59(81(98)111)42-70(66)102)65-43-61(85)18-21-69(65)96;/h8,10-21,38,43,48,50,52-53,59,64,66-68,72,77,101H,9,22-37,39-42,44-47,49,51H2,1-7H3,(H6-,86,87,88,89,90,91,92,104,105,106,108,109,110,113);1H3/q;-1/p+1/t52-,53+,59+,64-,66-,67-,68+,72-,77+,84-;/m0./s1. The van der Waals surface area contributed by atoms with Crippen molar-refractivity contribution in [2.24, 2.45) is 11.8 Å². The summed E-state index contributed by atoms with van der Waals surface area (Å²) < 4.78 is 43.2. The number of ketones is 2. The third-order valence-electron chi connectivity index (χ3n) is 22.3. The van der Waals surface area contributed by atoms with Crippen molar-refractivity contribution in [1.29, 1.82) is 0 Å². The number of carbonyl (C=O) groups is 12. The van der Waals surface area contributed by atoms with Crippen LogP contribution < -0.4 is 42.0 Å². The number of hydrogen-bond donors (Lipinski definition) is 8. The van der Waals surface area contributed by atoms with Crippen molar-refractivity contribution in [3.8, 4) is 5.75 Å². The van der Waals surface area contributed by atoms with Crippen molar-refractivity contribution in [3.05, 3.63) is 156 Å². The first-order valence-corrected chi connectivity index (χ1v) is 40.2. The van der Waals surface area contributed by atoms with Crippen LogP contribution in [0.2, 0.25) is 0 Å². The van der Waals surface area contributed by atoms with Gasteiger partial charge in [0.2, 0.25) is 59.1 Å². The topological polar surface area (TPSA) is 392 Å². The monoisotopic (exact) mass is 1630 g/mol. The van der Waals surface area contributed by atoms with E-state index < -0.39 is 162 Å². The molecule has 10 amide bonds. The number of rotatable bonds is 15. The Labute approximate surface area is 686 Å². The second-order valence-corrected chi connectivity index (χ2v) is 32.2. The second kappa shape index (κ2) is 41.0. The van der Waals surface area contributed by atoms with Crippen LogP contribution in [0.1, 0.15) is 111 Å². The molecular weight excluding hydrogens is 1520 g/mol. The Bertz CT molecular complexity index is 4580. The van der Waals surface area contributed by atoms with Gasteiger partial charge in [-0.15, -0.1) is 5.10 Å². The summed E-state index contributed by atoms with van der Waals surface area (Å²) in [5, 5.41) is 40.6. The molecule has 0 saturated carbocycles. The Balaban J connectivity index is 0.0000147. The molecule has 636 valence electrons. The molecule has 0 unspecified atom stereocenters. The van der Waals surface area contributed by atoms with Gasteiger partial charge in [0.25, 0.3) is 0 Å². The predicted molar refractivity (Wildman–Crippen MR) is 430 cm³/mol. The van der Waals surface area contributed by atoms with Gasteiger partial charge in [0, 0.05) is 107 Å². The summed E-state index contributed by atoms with van der Waals surface area (Å²) in [6, 6.07) is 17.5. The lowest BCUT2D eigenvalue weighted by Gasteiger charge is -2.37. The van der Waals surface area contributed by atoms with Gasteiger partial charge < -0.3 is 92.4 Å². The molecule has 6 aliphatic rings. The molecule has 6 aliphatic heterocycles. The molecule has 14 bridgehead atoms. The second-order valence-electron chi connectivity index (χ2n) is 32.2. The van der Waals surface area contributed by atoms with Gasteiger partial charge in [-0.25, -0.2) is 4.39 Å². The van der Waals surface area contributed by atoms with E-state index in [0.717, 1.165) is 12.1 Å². The Hall–Kier alpha value is -10.9. The van der Waals surface area contributed by atoms with Crippen LogP contribution in [-0.2, 0) is 124 Å². The van der Waals surface area contributed by atoms with Crippen molar-refractivity contribution >= 4 is 81.5 Å². The van der Waals surface area contributed by atoms with Crippen molar-refractivity contribution in [2.75, 3.05) is 101 Å². The van der Waals surface area contributed by atoms with Crippen molar-refractivity contribution in [3.63, 3.8) is 0 Å². The third-order valence-corrected chi connectivity index (χ3v) is 22.3. The summed E-state index contributed by atoms with van der Waals surface area (Å²) in [5.74, 6) is -11.8. The first kappa shape index (κ1) is 89.5. The van der Waals surface area contributed by atoms with Crippen LogP contribution in [0.3, 0.4) is 0 Å².